The summed E-state index contributed by atoms with van der Waals surface area (Å²) in [5, 5.41) is 4.29. The number of nitrogens with two attached hydrogens (primary N) is 1. The molecule has 1 aliphatic rings. The van der Waals surface area contributed by atoms with E-state index in [0.717, 1.165) is 0 Å². The first-order valence-electron chi connectivity index (χ1n) is 14.6. The van der Waals surface area contributed by atoms with Crippen molar-refractivity contribution in [2.24, 2.45) is 7.05 Å². The maximum absolute atomic E-state index is 13.3. The smallest absolute Gasteiger partial charge is 0.383 e. The van der Waals surface area contributed by atoms with Crippen LogP contribution in [0.15, 0.2) is 55.1 Å². The minimum absolute atomic E-state index is 0.0776. The van der Waals surface area contributed by atoms with Crippen LogP contribution >= 0.6 is 11.6 Å². The van der Waals surface area contributed by atoms with Crippen molar-refractivity contribution in [2.45, 2.75) is 12.2 Å². The predicted octanol–water partition coefficient (Wildman–Crippen LogP) is 4.38. The number of nitrogens with one attached hydrogen (secondary N) is 2. The van der Waals surface area contributed by atoms with Crippen molar-refractivity contribution in [3.05, 3.63) is 71.4 Å². The molecule has 1 aliphatic heterocycles. The predicted molar refractivity (Wildman–Crippen MR) is 177 cm³/mol. The van der Waals surface area contributed by atoms with Crippen molar-refractivity contribution in [1.82, 2.24) is 29.7 Å². The van der Waals surface area contributed by atoms with Crippen LogP contribution in [0.4, 0.5) is 29.1 Å². The number of halogens is 5. The Bertz CT molecular complexity index is 2060. The number of carbonyl (C=O) groups is 3. The van der Waals surface area contributed by atoms with E-state index in [0.29, 0.717) is 51.9 Å². The fourth-order valence-electron chi connectivity index (χ4n) is 5.28. The van der Waals surface area contributed by atoms with Crippen molar-refractivity contribution < 1.29 is 31.9 Å². The van der Waals surface area contributed by atoms with Gasteiger partial charge in [-0.3, -0.25) is 14.4 Å². The van der Waals surface area contributed by atoms with Crippen molar-refractivity contribution in [1.29, 1.82) is 0 Å². The standard InChI is InChI=1S/C33H29ClF4N8O3/c1-17(35)31(48)43-21-8-5-18(6-9-21)28-25(20-11-23(34)27(40-13-20)32(49)42-16-33(36,37)38)26-29(45(28)4)19(12-41-30(26)39)7-10-24(47)46-14-22(15-46)44(2)3/h5-6,8-9,11-13,22H,1,14-16H2,2-4H3,(H2,39,41)(H,42,49)(H,43,48). The van der Waals surface area contributed by atoms with Gasteiger partial charge in [-0.2, -0.15) is 13.2 Å². The number of amides is 3. The minimum Gasteiger partial charge on any atom is -0.383 e. The van der Waals surface area contributed by atoms with Gasteiger partial charge >= 0.3 is 6.18 Å². The van der Waals surface area contributed by atoms with Crippen LogP contribution in [0, 0.1) is 11.8 Å². The zero-order chi connectivity index (χ0) is 35.8. The number of anilines is 2. The van der Waals surface area contributed by atoms with E-state index in [1.165, 1.54) is 30.6 Å². The second kappa shape index (κ2) is 13.6. The Morgan fingerprint density at radius 3 is 2.39 bits per heavy atom. The normalized spacial score (nSPS) is 13.1. The number of alkyl halides is 3. The summed E-state index contributed by atoms with van der Waals surface area (Å²) in [5.74, 6) is 2.03. The number of hydrogen-bond donors (Lipinski definition) is 3. The highest BCUT2D eigenvalue weighted by Gasteiger charge is 2.32. The van der Waals surface area contributed by atoms with Gasteiger partial charge in [0, 0.05) is 61.3 Å². The van der Waals surface area contributed by atoms with Gasteiger partial charge in [0.15, 0.2) is 5.83 Å². The molecule has 1 saturated heterocycles. The molecule has 0 spiro atoms. The lowest BCUT2D eigenvalue weighted by atomic mass is 9.98. The number of rotatable bonds is 7. The van der Waals surface area contributed by atoms with Crippen LogP contribution in [0.2, 0.25) is 5.02 Å². The first-order valence-corrected chi connectivity index (χ1v) is 14.9. The lowest BCUT2D eigenvalue weighted by molar-refractivity contribution is -0.131. The Morgan fingerprint density at radius 1 is 1.12 bits per heavy atom. The lowest BCUT2D eigenvalue weighted by Gasteiger charge is -2.41. The number of benzene rings is 1. The molecule has 0 radical (unpaired) electrons. The Kier molecular flexibility index (Phi) is 9.66. The molecule has 0 unspecified atom stereocenters. The fraction of sp³-hybridized carbons (Fsp3) is 0.242. The largest absolute Gasteiger partial charge is 0.405 e. The van der Waals surface area contributed by atoms with Gasteiger partial charge < -0.3 is 30.7 Å². The van der Waals surface area contributed by atoms with Gasteiger partial charge in [-0.15, -0.1) is 0 Å². The molecular formula is C33H29ClF4N8O3. The number of carbonyl (C=O) groups excluding carboxylic acids is 3. The molecule has 4 heterocycles. The summed E-state index contributed by atoms with van der Waals surface area (Å²) in [7, 11) is 5.59. The second-order valence-corrected chi connectivity index (χ2v) is 11.8. The van der Waals surface area contributed by atoms with Crippen LogP contribution in [0.25, 0.3) is 33.3 Å². The summed E-state index contributed by atoms with van der Waals surface area (Å²) in [6.07, 6.45) is -1.94. The van der Waals surface area contributed by atoms with Crippen LogP contribution in [-0.2, 0) is 16.6 Å². The first kappa shape index (κ1) is 34.9. The Morgan fingerprint density at radius 2 is 1.80 bits per heavy atom. The third-order valence-corrected chi connectivity index (χ3v) is 8.17. The molecular weight excluding hydrogens is 668 g/mol. The third kappa shape index (κ3) is 7.35. The number of pyridine rings is 2. The van der Waals surface area contributed by atoms with Crippen LogP contribution in [0.1, 0.15) is 16.1 Å². The number of aromatic nitrogens is 3. The molecule has 254 valence electrons. The van der Waals surface area contributed by atoms with Gasteiger partial charge in [0.05, 0.1) is 27.2 Å². The average Bonchev–Trinajstić information content (AvgIpc) is 3.32. The second-order valence-electron chi connectivity index (χ2n) is 11.4. The number of likely N-dealkylation sites (N-methyl/N-ethyl adjacent to an activating group) is 1. The molecule has 0 atom stereocenters. The summed E-state index contributed by atoms with van der Waals surface area (Å²) >= 11 is 6.41. The Balaban J connectivity index is 1.64. The molecule has 0 aliphatic carbocycles. The van der Waals surface area contributed by atoms with Crippen LogP contribution in [0.3, 0.4) is 0 Å². The third-order valence-electron chi connectivity index (χ3n) is 7.88. The molecule has 16 heteroatoms. The summed E-state index contributed by atoms with van der Waals surface area (Å²) in [6.45, 7) is 2.50. The average molecular weight is 697 g/mol. The van der Waals surface area contributed by atoms with E-state index < -0.39 is 36.1 Å². The van der Waals surface area contributed by atoms with E-state index >= 15 is 0 Å². The number of nitrogens with zero attached hydrogens (tertiary/aromatic N) is 5. The highest BCUT2D eigenvalue weighted by atomic mass is 35.5. The first-order chi connectivity index (χ1) is 23.1. The Labute approximate surface area is 282 Å². The number of hydrogen-bond acceptors (Lipinski definition) is 7. The van der Waals surface area contributed by atoms with Gasteiger partial charge in [-0.25, -0.2) is 14.4 Å². The van der Waals surface area contributed by atoms with Crippen LogP contribution in [0.5, 0.6) is 0 Å². The molecule has 1 aromatic carbocycles. The van der Waals surface area contributed by atoms with Crippen molar-refractivity contribution in [2.75, 3.05) is 44.8 Å². The molecule has 4 N–H and O–H groups in total. The summed E-state index contributed by atoms with van der Waals surface area (Å²) in [4.78, 5) is 49.2. The molecule has 4 aromatic rings. The molecule has 0 saturated carbocycles. The lowest BCUT2D eigenvalue weighted by Crippen LogP contribution is -2.58. The van der Waals surface area contributed by atoms with E-state index in [4.69, 9.17) is 17.3 Å². The monoisotopic (exact) mass is 696 g/mol. The van der Waals surface area contributed by atoms with E-state index in [9.17, 15) is 31.9 Å². The van der Waals surface area contributed by atoms with Gasteiger partial charge in [0.2, 0.25) is 0 Å². The summed E-state index contributed by atoms with van der Waals surface area (Å²) < 4.78 is 53.2. The van der Waals surface area contributed by atoms with Crippen molar-refractivity contribution in [3.8, 4) is 34.2 Å². The van der Waals surface area contributed by atoms with Crippen LogP contribution in [-0.4, -0.2) is 88.0 Å². The Hall–Kier alpha value is -5.46. The van der Waals surface area contributed by atoms with Gasteiger partial charge in [0.1, 0.15) is 18.1 Å². The molecule has 1 fully saturated rings. The van der Waals surface area contributed by atoms with Crippen LogP contribution < -0.4 is 16.4 Å². The zero-order valence-electron chi connectivity index (χ0n) is 26.4. The van der Waals surface area contributed by atoms with E-state index in [2.05, 4.69) is 33.7 Å². The van der Waals surface area contributed by atoms with Gasteiger partial charge in [0.25, 0.3) is 17.7 Å². The maximum Gasteiger partial charge on any atom is 0.405 e. The highest BCUT2D eigenvalue weighted by molar-refractivity contribution is 6.34. The van der Waals surface area contributed by atoms with Crippen molar-refractivity contribution in [3.63, 3.8) is 0 Å². The van der Waals surface area contributed by atoms with Crippen molar-refractivity contribution >= 4 is 51.7 Å². The van der Waals surface area contributed by atoms with Gasteiger partial charge in [-0.05, 0) is 37.9 Å². The van der Waals surface area contributed by atoms with E-state index in [1.807, 2.05) is 19.0 Å². The van der Waals surface area contributed by atoms with Gasteiger partial charge in [-0.1, -0.05) is 36.2 Å². The quantitative estimate of drug-likeness (QED) is 0.148. The number of likely N-dealkylation sites (tertiary alicyclic amines) is 1. The number of nitrogen functional groups attached to an aromatic ring is 1. The molecule has 11 nitrogen and oxygen atoms in total. The minimum atomic E-state index is -4.64. The van der Waals surface area contributed by atoms with E-state index in [1.54, 1.807) is 34.0 Å². The molecule has 5 rings (SSSR count). The highest BCUT2D eigenvalue weighted by Crippen LogP contribution is 2.44. The number of fused-ring (bicyclic) bond motifs is 1. The van der Waals surface area contributed by atoms with E-state index in [-0.39, 0.29) is 28.5 Å². The molecule has 3 amide bonds. The summed E-state index contributed by atoms with van der Waals surface area (Å²) in [5.41, 5.74) is 8.98. The molecule has 49 heavy (non-hydrogen) atoms. The maximum atomic E-state index is 13.3. The fourth-order valence-corrected chi connectivity index (χ4v) is 5.54. The summed E-state index contributed by atoms with van der Waals surface area (Å²) in [6, 6.07) is 7.96. The zero-order valence-corrected chi connectivity index (χ0v) is 27.1. The SMILES string of the molecule is C=C(F)C(=O)Nc1ccc(-c2c(-c3cnc(C(=O)NCC(F)(F)F)c(Cl)c3)c3c(N)ncc(C#CC(=O)N4CC(N(C)C)C4)c3n2C)cc1. The number of aryl methyl sites for hydroxylation is 1. The molecule has 3 aromatic heterocycles. The topological polar surface area (TPSA) is 138 Å². The molecule has 0 bridgehead atoms.